The van der Waals surface area contributed by atoms with Crippen LogP contribution >= 0.6 is 23.1 Å². The van der Waals surface area contributed by atoms with Gasteiger partial charge in [-0.1, -0.05) is 41.3 Å². The Hall–Kier alpha value is -3.38. The maximum Gasteiger partial charge on any atom is 0.273 e. The highest BCUT2D eigenvalue weighted by atomic mass is 32.2. The van der Waals surface area contributed by atoms with E-state index in [0.717, 1.165) is 16.9 Å². The lowest BCUT2D eigenvalue weighted by Gasteiger charge is -2.02. The number of benzene rings is 2. The van der Waals surface area contributed by atoms with Crippen LogP contribution in [-0.4, -0.2) is 26.0 Å². The molecule has 29 heavy (non-hydrogen) atoms. The topological polar surface area (TPSA) is 141 Å². The van der Waals surface area contributed by atoms with E-state index in [0.29, 0.717) is 15.7 Å². The number of rotatable bonds is 7. The Balaban J connectivity index is 1.64. The Morgan fingerprint density at radius 1 is 1.14 bits per heavy atom. The largest absolute Gasteiger partial charge is 0.296 e. The van der Waals surface area contributed by atoms with E-state index in [4.69, 9.17) is 0 Å². The molecule has 0 fully saturated rings. The number of nitrogens with zero attached hydrogens (tertiary/aromatic N) is 4. The van der Waals surface area contributed by atoms with E-state index in [2.05, 4.69) is 15.5 Å². The first-order valence-electron chi connectivity index (χ1n) is 8.09. The lowest BCUT2D eigenvalue weighted by Crippen LogP contribution is -2.12. The number of aryl methyl sites for hydroxylation is 1. The molecule has 1 aromatic heterocycles. The quantitative estimate of drug-likeness (QED) is 0.254. The summed E-state index contributed by atoms with van der Waals surface area (Å²) in [6.07, 6.45) is 0. The minimum absolute atomic E-state index is 0.0144. The van der Waals surface area contributed by atoms with Crippen LogP contribution in [0, 0.1) is 27.2 Å². The lowest BCUT2D eigenvalue weighted by atomic mass is 10.1. The van der Waals surface area contributed by atoms with Gasteiger partial charge in [-0.25, -0.2) is 0 Å². The van der Waals surface area contributed by atoms with E-state index in [1.54, 1.807) is 19.1 Å². The van der Waals surface area contributed by atoms with E-state index < -0.39 is 15.8 Å². The van der Waals surface area contributed by atoms with Gasteiger partial charge in [-0.2, -0.15) is 0 Å². The van der Waals surface area contributed by atoms with E-state index in [1.165, 1.54) is 42.1 Å². The summed E-state index contributed by atoms with van der Waals surface area (Å²) in [5, 5.41) is 32.5. The molecule has 0 saturated carbocycles. The van der Waals surface area contributed by atoms with Crippen molar-refractivity contribution in [1.29, 1.82) is 0 Å². The smallest absolute Gasteiger partial charge is 0.273 e. The van der Waals surface area contributed by atoms with Crippen LogP contribution in [0.1, 0.15) is 21.5 Å². The molecule has 1 heterocycles. The zero-order chi connectivity index (χ0) is 21.0. The zero-order valence-corrected chi connectivity index (χ0v) is 16.5. The van der Waals surface area contributed by atoms with Gasteiger partial charge in [0.2, 0.25) is 5.13 Å². The van der Waals surface area contributed by atoms with Crippen LogP contribution in [0.2, 0.25) is 0 Å². The Morgan fingerprint density at radius 2 is 1.93 bits per heavy atom. The van der Waals surface area contributed by atoms with Gasteiger partial charge in [0.25, 0.3) is 17.3 Å². The van der Waals surface area contributed by atoms with Crippen molar-refractivity contribution in [2.24, 2.45) is 0 Å². The number of nitro groups is 2. The van der Waals surface area contributed by atoms with Crippen molar-refractivity contribution in [3.63, 3.8) is 0 Å². The van der Waals surface area contributed by atoms with Gasteiger partial charge in [-0.15, -0.1) is 10.2 Å². The summed E-state index contributed by atoms with van der Waals surface area (Å²) in [5.74, 6) is -0.0755. The van der Waals surface area contributed by atoms with Gasteiger partial charge in [0, 0.05) is 35.1 Å². The third-order valence-electron chi connectivity index (χ3n) is 3.78. The summed E-state index contributed by atoms with van der Waals surface area (Å²) < 4.78 is 0.571. The minimum Gasteiger partial charge on any atom is -0.296 e. The average Bonchev–Trinajstić information content (AvgIpc) is 3.14. The SMILES string of the molecule is Cc1ccc(C(=O)Nc2nnc(SCc3cccc([N+](=O)[O-])c3)s2)cc1[N+](=O)[O-]. The van der Waals surface area contributed by atoms with Crippen molar-refractivity contribution in [2.75, 3.05) is 5.32 Å². The van der Waals surface area contributed by atoms with Crippen LogP contribution in [0.25, 0.3) is 0 Å². The Morgan fingerprint density at radius 3 is 2.66 bits per heavy atom. The summed E-state index contributed by atoms with van der Waals surface area (Å²) in [5.41, 5.74) is 1.24. The molecule has 0 saturated heterocycles. The van der Waals surface area contributed by atoms with E-state index in [-0.39, 0.29) is 22.1 Å². The van der Waals surface area contributed by atoms with Crippen molar-refractivity contribution < 1.29 is 14.6 Å². The van der Waals surface area contributed by atoms with Gasteiger partial charge in [0.05, 0.1) is 9.85 Å². The average molecular weight is 431 g/mol. The molecule has 0 spiro atoms. The Kier molecular flexibility index (Phi) is 6.14. The fourth-order valence-corrected chi connectivity index (χ4v) is 4.03. The van der Waals surface area contributed by atoms with Crippen molar-refractivity contribution in [2.45, 2.75) is 17.0 Å². The van der Waals surface area contributed by atoms with Crippen LogP contribution in [0.4, 0.5) is 16.5 Å². The number of amides is 1. The molecule has 3 rings (SSSR count). The second kappa shape index (κ2) is 8.75. The normalized spacial score (nSPS) is 10.5. The van der Waals surface area contributed by atoms with Gasteiger partial charge in [0.1, 0.15) is 0 Å². The molecule has 148 valence electrons. The van der Waals surface area contributed by atoms with E-state index in [9.17, 15) is 25.0 Å². The number of hydrogen-bond acceptors (Lipinski definition) is 9. The molecular formula is C17H13N5O5S2. The monoisotopic (exact) mass is 431 g/mol. The highest BCUT2D eigenvalue weighted by Crippen LogP contribution is 2.29. The predicted molar refractivity (Wildman–Crippen MR) is 108 cm³/mol. The maximum absolute atomic E-state index is 12.3. The number of carbonyl (C=O) groups is 1. The lowest BCUT2D eigenvalue weighted by molar-refractivity contribution is -0.385. The molecule has 0 aliphatic rings. The molecule has 1 amide bonds. The fraction of sp³-hybridized carbons (Fsp3) is 0.118. The summed E-state index contributed by atoms with van der Waals surface area (Å²) in [7, 11) is 0. The zero-order valence-electron chi connectivity index (χ0n) is 14.9. The van der Waals surface area contributed by atoms with Gasteiger partial charge < -0.3 is 0 Å². The van der Waals surface area contributed by atoms with Gasteiger partial charge in [-0.05, 0) is 18.6 Å². The first kappa shape index (κ1) is 20.4. The molecule has 0 radical (unpaired) electrons. The van der Waals surface area contributed by atoms with Gasteiger partial charge >= 0.3 is 0 Å². The van der Waals surface area contributed by atoms with Crippen molar-refractivity contribution in [1.82, 2.24) is 10.2 Å². The molecule has 0 bridgehead atoms. The number of nitrogens with one attached hydrogen (secondary N) is 1. The summed E-state index contributed by atoms with van der Waals surface area (Å²) in [4.78, 5) is 33.2. The van der Waals surface area contributed by atoms with Crippen LogP contribution < -0.4 is 5.32 Å². The van der Waals surface area contributed by atoms with E-state index in [1.807, 2.05) is 0 Å². The molecule has 1 N–H and O–H groups in total. The Bertz CT molecular complexity index is 1100. The fourth-order valence-electron chi connectivity index (χ4n) is 2.34. The summed E-state index contributed by atoms with van der Waals surface area (Å²) in [6, 6.07) is 10.5. The number of thioether (sulfide) groups is 1. The minimum atomic E-state index is -0.542. The first-order valence-corrected chi connectivity index (χ1v) is 9.89. The standard InChI is InChI=1S/C17H13N5O5S2/c1-10-5-6-12(8-14(10)22(26)27)15(23)18-16-19-20-17(29-16)28-9-11-3-2-4-13(7-11)21(24)25/h2-8H,9H2,1H3,(H,18,19,23). The molecule has 0 unspecified atom stereocenters. The number of anilines is 1. The molecule has 2 aromatic carbocycles. The highest BCUT2D eigenvalue weighted by molar-refractivity contribution is 8.00. The molecule has 0 aliphatic carbocycles. The van der Waals surface area contributed by atoms with Crippen LogP contribution in [0.5, 0.6) is 0 Å². The van der Waals surface area contributed by atoms with E-state index >= 15 is 0 Å². The van der Waals surface area contributed by atoms with Crippen LogP contribution in [0.3, 0.4) is 0 Å². The Labute approximate surface area is 172 Å². The summed E-state index contributed by atoms with van der Waals surface area (Å²) >= 11 is 2.47. The third kappa shape index (κ3) is 5.12. The number of hydrogen-bond donors (Lipinski definition) is 1. The van der Waals surface area contributed by atoms with Crippen molar-refractivity contribution in [3.8, 4) is 0 Å². The summed E-state index contributed by atoms with van der Waals surface area (Å²) in [6.45, 7) is 1.59. The van der Waals surface area contributed by atoms with Crippen LogP contribution in [-0.2, 0) is 5.75 Å². The first-order chi connectivity index (χ1) is 13.8. The van der Waals surface area contributed by atoms with Crippen molar-refractivity contribution >= 4 is 45.5 Å². The van der Waals surface area contributed by atoms with Crippen molar-refractivity contribution in [3.05, 3.63) is 79.4 Å². The van der Waals surface area contributed by atoms with Gasteiger partial charge in [0.15, 0.2) is 4.34 Å². The predicted octanol–water partition coefficient (Wildman–Crippen LogP) is 4.21. The number of carbonyl (C=O) groups excluding carboxylic acids is 1. The molecule has 0 aliphatic heterocycles. The second-order valence-electron chi connectivity index (χ2n) is 5.80. The number of aromatic nitrogens is 2. The molecule has 12 heteroatoms. The van der Waals surface area contributed by atoms with Crippen LogP contribution in [0.15, 0.2) is 46.8 Å². The number of nitro benzene ring substituents is 2. The maximum atomic E-state index is 12.3. The molecule has 0 atom stereocenters. The molecular weight excluding hydrogens is 418 g/mol. The van der Waals surface area contributed by atoms with Gasteiger partial charge in [-0.3, -0.25) is 30.3 Å². The highest BCUT2D eigenvalue weighted by Gasteiger charge is 2.16. The second-order valence-corrected chi connectivity index (χ2v) is 8.00. The third-order valence-corrected chi connectivity index (χ3v) is 5.82. The molecule has 10 nitrogen and oxygen atoms in total. The number of non-ortho nitro benzene ring substituents is 1. The molecule has 3 aromatic rings.